The fourth-order valence-corrected chi connectivity index (χ4v) is 3.17. The van der Waals surface area contributed by atoms with E-state index in [-0.39, 0.29) is 12.1 Å². The van der Waals surface area contributed by atoms with Crippen molar-refractivity contribution in [2.45, 2.75) is 19.4 Å². The molecule has 4 rings (SSSR count). The topological polar surface area (TPSA) is 64.1 Å². The van der Waals surface area contributed by atoms with Crippen molar-refractivity contribution in [1.82, 2.24) is 9.97 Å². The molecular weight excluding hydrogens is 326 g/mol. The lowest BCUT2D eigenvalue weighted by Gasteiger charge is -2.26. The predicted octanol–water partition coefficient (Wildman–Crippen LogP) is 4.23. The monoisotopic (exact) mass is 345 g/mol. The Labute approximate surface area is 152 Å². The fraction of sp³-hybridized carbons (Fsp3) is 0.190. The molecule has 130 valence electrons. The third-order valence-electron chi connectivity index (χ3n) is 4.33. The van der Waals surface area contributed by atoms with Crippen LogP contribution in [0.5, 0.6) is 0 Å². The third kappa shape index (κ3) is 3.16. The molecule has 0 spiro atoms. The lowest BCUT2D eigenvalue weighted by Crippen LogP contribution is -2.23. The Morgan fingerprint density at radius 1 is 0.962 bits per heavy atom. The smallest absolute Gasteiger partial charge is 0.303 e. The van der Waals surface area contributed by atoms with E-state index < -0.39 is 0 Å². The standard InChI is InChI=1S/C21H19N3O2/c1-14(25)26-17-12-13-22-21-20(17)23-18(15-8-4-2-5-9-15)19(24-21)16-10-6-3-7-11-16/h2-11,17H,12-13H2,1H3,(H,22,24)/t17-/m0/s1. The Balaban J connectivity index is 1.91. The number of esters is 1. The van der Waals surface area contributed by atoms with Gasteiger partial charge in [-0.15, -0.1) is 0 Å². The number of carbonyl (C=O) groups is 1. The van der Waals surface area contributed by atoms with E-state index in [1.165, 1.54) is 6.92 Å². The molecule has 1 aliphatic rings. The molecule has 1 atom stereocenters. The number of hydrogen-bond donors (Lipinski definition) is 1. The maximum Gasteiger partial charge on any atom is 0.303 e. The van der Waals surface area contributed by atoms with E-state index in [1.54, 1.807) is 0 Å². The summed E-state index contributed by atoms with van der Waals surface area (Å²) in [4.78, 5) is 21.2. The van der Waals surface area contributed by atoms with E-state index in [0.717, 1.165) is 22.5 Å². The molecule has 0 aliphatic carbocycles. The van der Waals surface area contributed by atoms with Crippen molar-refractivity contribution in [3.63, 3.8) is 0 Å². The fourth-order valence-electron chi connectivity index (χ4n) is 3.17. The molecule has 0 saturated heterocycles. The molecule has 1 N–H and O–H groups in total. The first kappa shape index (κ1) is 16.3. The zero-order chi connectivity index (χ0) is 17.9. The minimum Gasteiger partial charge on any atom is -0.456 e. The van der Waals surface area contributed by atoms with Crippen LogP contribution in [0.3, 0.4) is 0 Å². The molecule has 2 heterocycles. The quantitative estimate of drug-likeness (QED) is 0.720. The number of ether oxygens (including phenoxy) is 1. The van der Waals surface area contributed by atoms with E-state index in [0.29, 0.717) is 24.5 Å². The molecule has 1 aliphatic heterocycles. The lowest BCUT2D eigenvalue weighted by atomic mass is 10.0. The summed E-state index contributed by atoms with van der Waals surface area (Å²) in [5.74, 6) is 0.374. The van der Waals surface area contributed by atoms with Crippen LogP contribution < -0.4 is 5.32 Å². The maximum atomic E-state index is 11.5. The Bertz CT molecular complexity index is 927. The molecule has 0 saturated carbocycles. The number of fused-ring (bicyclic) bond motifs is 1. The molecule has 0 unspecified atom stereocenters. The van der Waals surface area contributed by atoms with Crippen molar-refractivity contribution in [3.8, 4) is 22.5 Å². The van der Waals surface area contributed by atoms with Crippen molar-refractivity contribution in [2.24, 2.45) is 0 Å². The number of carbonyl (C=O) groups excluding carboxylic acids is 1. The highest BCUT2D eigenvalue weighted by atomic mass is 16.5. The van der Waals surface area contributed by atoms with Crippen LogP contribution in [0.15, 0.2) is 60.7 Å². The summed E-state index contributed by atoms with van der Waals surface area (Å²) in [6, 6.07) is 20.0. The summed E-state index contributed by atoms with van der Waals surface area (Å²) in [7, 11) is 0. The highest BCUT2D eigenvalue weighted by molar-refractivity contribution is 5.79. The van der Waals surface area contributed by atoms with E-state index >= 15 is 0 Å². The molecule has 1 aromatic heterocycles. The van der Waals surface area contributed by atoms with Gasteiger partial charge in [-0.3, -0.25) is 4.79 Å². The molecule has 3 aromatic rings. The summed E-state index contributed by atoms with van der Waals surface area (Å²) in [6.07, 6.45) is 0.309. The first-order valence-electron chi connectivity index (χ1n) is 8.66. The Morgan fingerprint density at radius 2 is 1.54 bits per heavy atom. The Hall–Kier alpha value is -3.21. The van der Waals surface area contributed by atoms with Crippen LogP contribution in [-0.2, 0) is 9.53 Å². The number of benzene rings is 2. The third-order valence-corrected chi connectivity index (χ3v) is 4.33. The van der Waals surface area contributed by atoms with Gasteiger partial charge in [-0.2, -0.15) is 0 Å². The molecule has 0 amide bonds. The summed E-state index contributed by atoms with van der Waals surface area (Å²) in [5.41, 5.74) is 4.26. The number of aromatic nitrogens is 2. The van der Waals surface area contributed by atoms with Crippen molar-refractivity contribution >= 4 is 11.8 Å². The van der Waals surface area contributed by atoms with Crippen LogP contribution in [0.25, 0.3) is 22.5 Å². The molecule has 0 bridgehead atoms. The van der Waals surface area contributed by atoms with Gasteiger partial charge in [-0.05, 0) is 0 Å². The van der Waals surface area contributed by atoms with Gasteiger partial charge < -0.3 is 10.1 Å². The van der Waals surface area contributed by atoms with Gasteiger partial charge in [0, 0.05) is 31.0 Å². The minimum absolute atomic E-state index is 0.307. The summed E-state index contributed by atoms with van der Waals surface area (Å²) < 4.78 is 5.47. The average molecular weight is 345 g/mol. The van der Waals surface area contributed by atoms with Crippen LogP contribution in [0.2, 0.25) is 0 Å². The number of nitrogens with zero attached hydrogens (tertiary/aromatic N) is 2. The lowest BCUT2D eigenvalue weighted by molar-refractivity contribution is -0.147. The zero-order valence-electron chi connectivity index (χ0n) is 14.5. The van der Waals surface area contributed by atoms with Crippen molar-refractivity contribution in [2.75, 3.05) is 11.9 Å². The molecule has 26 heavy (non-hydrogen) atoms. The number of rotatable bonds is 3. The number of anilines is 1. The van der Waals surface area contributed by atoms with Crippen LogP contribution in [0.1, 0.15) is 25.1 Å². The predicted molar refractivity (Wildman–Crippen MR) is 101 cm³/mol. The number of hydrogen-bond acceptors (Lipinski definition) is 5. The second-order valence-electron chi connectivity index (χ2n) is 6.20. The van der Waals surface area contributed by atoms with Gasteiger partial charge in [0.25, 0.3) is 0 Å². The molecule has 5 nitrogen and oxygen atoms in total. The van der Waals surface area contributed by atoms with E-state index in [9.17, 15) is 4.79 Å². The second-order valence-corrected chi connectivity index (χ2v) is 6.20. The molecular formula is C21H19N3O2. The first-order valence-corrected chi connectivity index (χ1v) is 8.66. The summed E-state index contributed by atoms with van der Waals surface area (Å²) in [6.45, 7) is 2.12. The van der Waals surface area contributed by atoms with Crippen molar-refractivity contribution in [3.05, 3.63) is 66.4 Å². The largest absolute Gasteiger partial charge is 0.456 e. The van der Waals surface area contributed by atoms with Gasteiger partial charge in [0.1, 0.15) is 11.8 Å². The van der Waals surface area contributed by atoms with E-state index in [1.807, 2.05) is 60.7 Å². The van der Waals surface area contributed by atoms with Crippen LogP contribution >= 0.6 is 0 Å². The van der Waals surface area contributed by atoms with Crippen LogP contribution in [-0.4, -0.2) is 22.5 Å². The molecule has 2 aromatic carbocycles. The van der Waals surface area contributed by atoms with E-state index in [4.69, 9.17) is 14.7 Å². The first-order chi connectivity index (χ1) is 12.7. The van der Waals surface area contributed by atoms with Gasteiger partial charge in [-0.1, -0.05) is 60.7 Å². The van der Waals surface area contributed by atoms with Crippen molar-refractivity contribution < 1.29 is 9.53 Å². The highest BCUT2D eigenvalue weighted by Crippen LogP contribution is 2.36. The normalized spacial score (nSPS) is 15.7. The summed E-state index contributed by atoms with van der Waals surface area (Å²) >= 11 is 0. The van der Waals surface area contributed by atoms with Gasteiger partial charge in [0.15, 0.2) is 5.82 Å². The average Bonchev–Trinajstić information content (AvgIpc) is 2.68. The van der Waals surface area contributed by atoms with Gasteiger partial charge in [0.2, 0.25) is 0 Å². The van der Waals surface area contributed by atoms with E-state index in [2.05, 4.69) is 5.32 Å². The SMILES string of the molecule is CC(=O)O[C@H]1CCNc2nc(-c3ccccc3)c(-c3ccccc3)nc21. The minimum atomic E-state index is -0.372. The van der Waals surface area contributed by atoms with Gasteiger partial charge in [-0.25, -0.2) is 9.97 Å². The van der Waals surface area contributed by atoms with Crippen LogP contribution in [0, 0.1) is 0 Å². The van der Waals surface area contributed by atoms with Crippen molar-refractivity contribution in [1.29, 1.82) is 0 Å². The molecule has 0 radical (unpaired) electrons. The summed E-state index contributed by atoms with van der Waals surface area (Å²) in [5, 5.41) is 3.29. The molecule has 5 heteroatoms. The van der Waals surface area contributed by atoms with Crippen LogP contribution in [0.4, 0.5) is 5.82 Å². The maximum absolute atomic E-state index is 11.5. The zero-order valence-corrected chi connectivity index (χ0v) is 14.5. The Kier molecular flexibility index (Phi) is 4.35. The van der Waals surface area contributed by atoms with Gasteiger partial charge in [0.05, 0.1) is 11.4 Å². The second kappa shape index (κ2) is 6.96. The molecule has 0 fully saturated rings. The highest BCUT2D eigenvalue weighted by Gasteiger charge is 2.28. The number of nitrogens with one attached hydrogen (secondary N) is 1. The van der Waals surface area contributed by atoms with Gasteiger partial charge >= 0.3 is 5.97 Å². The Morgan fingerprint density at radius 3 is 2.12 bits per heavy atom.